The third kappa shape index (κ3) is 11.8. The Kier molecular flexibility index (Phi) is 10.1. The molecule has 4 nitrogen and oxygen atoms in total. The first-order valence-corrected chi connectivity index (χ1v) is 5.92. The molecule has 8 heteroatoms. The van der Waals surface area contributed by atoms with Gasteiger partial charge < -0.3 is 9.79 Å². The molecule has 0 aliphatic carbocycles. The fourth-order valence-electron chi connectivity index (χ4n) is 0.223. The number of phosphoric acid groups is 1. The molecule has 0 saturated heterocycles. The smallest absolute Gasteiger partial charge is 0.303 e. The summed E-state index contributed by atoms with van der Waals surface area (Å²) in [4.78, 5) is 16.4. The van der Waals surface area contributed by atoms with Crippen LogP contribution in [0.5, 0.6) is 0 Å². The fourth-order valence-corrected chi connectivity index (χ4v) is 1.12. The minimum absolute atomic E-state index is 0. The number of alkyl halides is 2. The van der Waals surface area contributed by atoms with Gasteiger partial charge in [-0.1, -0.05) is 31.9 Å². The van der Waals surface area contributed by atoms with Crippen LogP contribution in [0.2, 0.25) is 0 Å². The first-order valence-electron chi connectivity index (χ1n) is 2.36. The van der Waals surface area contributed by atoms with Gasteiger partial charge in [-0.3, -0.25) is 4.52 Å². The molecule has 0 aromatic rings. The van der Waals surface area contributed by atoms with Crippen LogP contribution in [-0.4, -0.2) is 49.6 Å². The first-order chi connectivity index (χ1) is 4.45. The van der Waals surface area contributed by atoms with Gasteiger partial charge in [0.2, 0.25) is 0 Å². The van der Waals surface area contributed by atoms with E-state index in [0.29, 0.717) is 5.33 Å². The van der Waals surface area contributed by atoms with Crippen LogP contribution in [-0.2, 0) is 9.09 Å². The molecule has 0 amide bonds. The maximum Gasteiger partial charge on any atom is 2.00 e. The molecule has 0 radical (unpaired) electrons. The van der Waals surface area contributed by atoms with Crippen molar-refractivity contribution in [1.82, 2.24) is 0 Å². The third-order valence-electron chi connectivity index (χ3n) is 0.591. The molecule has 1 unspecified atom stereocenters. The van der Waals surface area contributed by atoms with Crippen molar-refractivity contribution in [2.24, 2.45) is 0 Å². The predicted molar refractivity (Wildman–Crippen MR) is 50.3 cm³/mol. The van der Waals surface area contributed by atoms with Gasteiger partial charge in [0, 0.05) is 10.2 Å². The van der Waals surface area contributed by atoms with Crippen LogP contribution >= 0.6 is 39.7 Å². The quantitative estimate of drug-likeness (QED) is 0.458. The number of phosphoric ester groups is 1. The average molecular weight is 322 g/mol. The van der Waals surface area contributed by atoms with E-state index in [1.165, 1.54) is 0 Å². The monoisotopic (exact) mass is 320 g/mol. The second-order valence-electron chi connectivity index (χ2n) is 1.54. The molecule has 0 aliphatic heterocycles. The minimum atomic E-state index is -4.28. The van der Waals surface area contributed by atoms with E-state index in [1.807, 2.05) is 0 Å². The van der Waals surface area contributed by atoms with Crippen LogP contribution < -0.4 is 0 Å². The van der Waals surface area contributed by atoms with Crippen molar-refractivity contribution in [2.75, 3.05) is 11.9 Å². The molecule has 0 aromatic heterocycles. The molecular formula is C3H7Br2MgO4P+2. The van der Waals surface area contributed by atoms with Crippen LogP contribution in [0.3, 0.4) is 0 Å². The molecule has 0 rings (SSSR count). The van der Waals surface area contributed by atoms with E-state index in [-0.39, 0.29) is 34.5 Å². The van der Waals surface area contributed by atoms with Crippen LogP contribution in [0.1, 0.15) is 0 Å². The standard InChI is InChI=1S/C3H7Br2O4P.Mg/c4-1-3(5)2-9-10(6,7)8;/h3H,1-2H2,(H2,6,7,8);/q;+2. The molecule has 0 spiro atoms. The maximum atomic E-state index is 10.1. The molecule has 0 bridgehead atoms. The molecule has 11 heavy (non-hydrogen) atoms. The zero-order chi connectivity index (χ0) is 8.20. The Morgan fingerprint density at radius 3 is 2.27 bits per heavy atom. The van der Waals surface area contributed by atoms with E-state index >= 15 is 0 Å². The van der Waals surface area contributed by atoms with Gasteiger partial charge in [0.25, 0.3) is 0 Å². The van der Waals surface area contributed by atoms with Crippen LogP contribution in [0.25, 0.3) is 0 Å². The van der Waals surface area contributed by atoms with Gasteiger partial charge in [-0.2, -0.15) is 0 Å². The third-order valence-corrected chi connectivity index (χ3v) is 3.31. The Labute approximate surface area is 97.7 Å². The minimum Gasteiger partial charge on any atom is -0.303 e. The number of hydrogen-bond donors (Lipinski definition) is 2. The molecule has 0 aliphatic rings. The Bertz CT molecular complexity index is 139. The summed E-state index contributed by atoms with van der Waals surface area (Å²) in [5, 5.41) is 0.590. The zero-order valence-corrected chi connectivity index (χ0v) is 11.1. The Morgan fingerprint density at radius 1 is 1.55 bits per heavy atom. The first kappa shape index (κ1) is 15.3. The molecule has 62 valence electrons. The zero-order valence-electron chi connectivity index (χ0n) is 5.61. The Morgan fingerprint density at radius 2 is 2.00 bits per heavy atom. The molecule has 0 saturated carbocycles. The van der Waals surface area contributed by atoms with Crippen molar-refractivity contribution >= 4 is 62.7 Å². The van der Waals surface area contributed by atoms with Crippen LogP contribution in [0.4, 0.5) is 0 Å². The van der Waals surface area contributed by atoms with E-state index in [1.54, 1.807) is 0 Å². The molecule has 0 heterocycles. The predicted octanol–water partition coefficient (Wildman–Crippen LogP) is 0.873. The molecule has 0 fully saturated rings. The number of hydrogen-bond acceptors (Lipinski definition) is 2. The average Bonchev–Trinajstić information content (AvgIpc) is 1.81. The van der Waals surface area contributed by atoms with Gasteiger partial charge in [0.1, 0.15) is 0 Å². The SMILES string of the molecule is O=P(O)(O)OCC(Br)CBr.[Mg+2]. The largest absolute Gasteiger partial charge is 2.00 e. The molecule has 0 aromatic carbocycles. The van der Waals surface area contributed by atoms with Gasteiger partial charge >= 0.3 is 30.9 Å². The summed E-state index contributed by atoms with van der Waals surface area (Å²) < 4.78 is 14.3. The molecule has 2 N–H and O–H groups in total. The van der Waals surface area contributed by atoms with Crippen molar-refractivity contribution in [3.8, 4) is 0 Å². The molecular weight excluding hydrogens is 315 g/mol. The maximum absolute atomic E-state index is 10.1. The van der Waals surface area contributed by atoms with Crippen LogP contribution in [0, 0.1) is 0 Å². The normalized spacial score (nSPS) is 13.8. The van der Waals surface area contributed by atoms with Crippen molar-refractivity contribution in [2.45, 2.75) is 4.83 Å². The second-order valence-corrected chi connectivity index (χ2v) is 4.72. The summed E-state index contributed by atoms with van der Waals surface area (Å²) in [6.07, 6.45) is 0. The summed E-state index contributed by atoms with van der Waals surface area (Å²) >= 11 is 6.22. The van der Waals surface area contributed by atoms with E-state index in [0.717, 1.165) is 0 Å². The second kappa shape index (κ2) is 7.26. The van der Waals surface area contributed by atoms with E-state index in [4.69, 9.17) is 9.79 Å². The summed E-state index contributed by atoms with van der Waals surface area (Å²) in [5.41, 5.74) is 0. The van der Waals surface area contributed by atoms with Gasteiger partial charge in [0.15, 0.2) is 0 Å². The Balaban J connectivity index is 0. The fraction of sp³-hybridized carbons (Fsp3) is 1.00. The van der Waals surface area contributed by atoms with Gasteiger partial charge in [-0.15, -0.1) is 0 Å². The van der Waals surface area contributed by atoms with Crippen molar-refractivity contribution in [3.63, 3.8) is 0 Å². The molecule has 1 atom stereocenters. The Hall–Kier alpha value is 1.84. The summed E-state index contributed by atoms with van der Waals surface area (Å²) in [7, 11) is -4.28. The van der Waals surface area contributed by atoms with E-state index in [9.17, 15) is 4.57 Å². The van der Waals surface area contributed by atoms with Crippen molar-refractivity contribution < 1.29 is 18.9 Å². The van der Waals surface area contributed by atoms with E-state index in [2.05, 4.69) is 36.4 Å². The number of halogens is 2. The summed E-state index contributed by atoms with van der Waals surface area (Å²) in [5.74, 6) is 0. The van der Waals surface area contributed by atoms with Crippen molar-refractivity contribution in [1.29, 1.82) is 0 Å². The van der Waals surface area contributed by atoms with Crippen LogP contribution in [0.15, 0.2) is 0 Å². The number of rotatable bonds is 4. The van der Waals surface area contributed by atoms with Gasteiger partial charge in [-0.05, 0) is 0 Å². The van der Waals surface area contributed by atoms with Gasteiger partial charge in [0.05, 0.1) is 6.61 Å². The summed E-state index contributed by atoms with van der Waals surface area (Å²) in [6, 6.07) is 0. The van der Waals surface area contributed by atoms with Gasteiger partial charge in [-0.25, -0.2) is 4.57 Å². The summed E-state index contributed by atoms with van der Waals surface area (Å²) in [6.45, 7) is -0.00444. The van der Waals surface area contributed by atoms with E-state index < -0.39 is 7.82 Å². The van der Waals surface area contributed by atoms with Crippen molar-refractivity contribution in [3.05, 3.63) is 0 Å². The topological polar surface area (TPSA) is 66.8 Å².